The molecule has 2 aliphatic heterocycles. The summed E-state index contributed by atoms with van der Waals surface area (Å²) in [5.74, 6) is -4.82. The number of sulfonamides is 1. The van der Waals surface area contributed by atoms with Crippen molar-refractivity contribution in [3.05, 3.63) is 29.6 Å². The Kier molecular flexibility index (Phi) is 4.63. The lowest BCUT2D eigenvalue weighted by atomic mass is 10.2. The van der Waals surface area contributed by atoms with Crippen LogP contribution < -0.4 is 5.32 Å². The number of hydrogen-bond acceptors (Lipinski definition) is 4. The van der Waals surface area contributed by atoms with E-state index in [1.807, 2.05) is 0 Å². The van der Waals surface area contributed by atoms with Crippen molar-refractivity contribution >= 4 is 10.0 Å². The van der Waals surface area contributed by atoms with Crippen molar-refractivity contribution in [1.82, 2.24) is 14.5 Å². The number of rotatable bonds is 3. The van der Waals surface area contributed by atoms with Gasteiger partial charge in [-0.1, -0.05) is 0 Å². The molecule has 1 N–H and O–H groups in total. The van der Waals surface area contributed by atoms with Crippen molar-refractivity contribution < 1.29 is 21.6 Å². The third-order valence-electron chi connectivity index (χ3n) is 4.41. The highest BCUT2D eigenvalue weighted by Crippen LogP contribution is 2.27. The maximum atomic E-state index is 13.8. The molecule has 0 aliphatic carbocycles. The molecule has 2 heterocycles. The molecule has 1 unspecified atom stereocenters. The monoisotopic (exact) mass is 349 g/mol. The minimum Gasteiger partial charge on any atom is -0.314 e. The summed E-state index contributed by atoms with van der Waals surface area (Å²) in [5, 5.41) is 3.22. The largest absolute Gasteiger partial charge is 0.314 e. The van der Waals surface area contributed by atoms with E-state index in [-0.39, 0.29) is 19.1 Å². The highest BCUT2D eigenvalue weighted by Gasteiger charge is 2.37. The normalized spacial score (nSPS) is 24.2. The van der Waals surface area contributed by atoms with Gasteiger partial charge in [-0.25, -0.2) is 21.6 Å². The molecule has 0 saturated carbocycles. The Labute approximate surface area is 133 Å². The Balaban J connectivity index is 1.80. The van der Waals surface area contributed by atoms with E-state index in [1.165, 1.54) is 0 Å². The average Bonchev–Trinajstić information content (AvgIpc) is 3.04. The maximum absolute atomic E-state index is 13.8. The van der Waals surface area contributed by atoms with Crippen LogP contribution in [0.3, 0.4) is 0 Å². The molecule has 128 valence electrons. The minimum absolute atomic E-state index is 0.0697. The number of benzene rings is 1. The minimum atomic E-state index is -4.17. The third kappa shape index (κ3) is 3.10. The van der Waals surface area contributed by atoms with E-state index in [0.29, 0.717) is 12.5 Å². The average molecular weight is 349 g/mol. The summed E-state index contributed by atoms with van der Waals surface area (Å²) in [7, 11) is -4.17. The zero-order valence-electron chi connectivity index (χ0n) is 12.4. The van der Waals surface area contributed by atoms with Crippen LogP contribution in [0.5, 0.6) is 0 Å². The SMILES string of the molecule is O=S(=O)(c1ccc(F)c(F)c1F)N1CCC(N2CCNCC2)C1. The van der Waals surface area contributed by atoms with E-state index in [0.717, 1.165) is 36.6 Å². The molecule has 2 saturated heterocycles. The Bertz CT molecular complexity index is 693. The summed E-state index contributed by atoms with van der Waals surface area (Å²) in [6.45, 7) is 3.84. The van der Waals surface area contributed by atoms with Crippen LogP contribution in [0, 0.1) is 17.5 Å². The van der Waals surface area contributed by atoms with E-state index < -0.39 is 32.4 Å². The molecule has 0 aromatic heterocycles. The van der Waals surface area contributed by atoms with E-state index >= 15 is 0 Å². The molecule has 3 rings (SSSR count). The lowest BCUT2D eigenvalue weighted by Gasteiger charge is -2.32. The van der Waals surface area contributed by atoms with Crippen molar-refractivity contribution in [2.45, 2.75) is 17.4 Å². The summed E-state index contributed by atoms with van der Waals surface area (Å²) in [6.07, 6.45) is 0.643. The second-order valence-electron chi connectivity index (χ2n) is 5.77. The first-order valence-electron chi connectivity index (χ1n) is 7.49. The first-order chi connectivity index (χ1) is 10.9. The summed E-state index contributed by atoms with van der Waals surface area (Å²) >= 11 is 0. The summed E-state index contributed by atoms with van der Waals surface area (Å²) in [6, 6.07) is 1.48. The number of piperazine rings is 1. The van der Waals surface area contributed by atoms with Crippen molar-refractivity contribution in [1.29, 1.82) is 0 Å². The lowest BCUT2D eigenvalue weighted by molar-refractivity contribution is 0.179. The molecule has 0 radical (unpaired) electrons. The second-order valence-corrected chi connectivity index (χ2v) is 7.67. The molecule has 0 bridgehead atoms. The van der Waals surface area contributed by atoms with Gasteiger partial charge in [-0.05, 0) is 18.6 Å². The van der Waals surface area contributed by atoms with Gasteiger partial charge >= 0.3 is 0 Å². The predicted octanol–water partition coefficient (Wildman–Crippen LogP) is 0.772. The summed E-state index contributed by atoms with van der Waals surface area (Å²) in [4.78, 5) is 1.39. The molecule has 1 atom stereocenters. The molecule has 9 heteroatoms. The van der Waals surface area contributed by atoms with Gasteiger partial charge in [-0.3, -0.25) is 4.90 Å². The topological polar surface area (TPSA) is 52.7 Å². The number of hydrogen-bond donors (Lipinski definition) is 1. The molecule has 23 heavy (non-hydrogen) atoms. The van der Waals surface area contributed by atoms with Crippen molar-refractivity contribution in [2.24, 2.45) is 0 Å². The Morgan fingerprint density at radius 3 is 2.43 bits per heavy atom. The molecule has 0 spiro atoms. The van der Waals surface area contributed by atoms with Gasteiger partial charge in [0.2, 0.25) is 10.0 Å². The van der Waals surface area contributed by atoms with Crippen LogP contribution in [-0.4, -0.2) is 62.9 Å². The highest BCUT2D eigenvalue weighted by molar-refractivity contribution is 7.89. The van der Waals surface area contributed by atoms with Crippen LogP contribution in [0.4, 0.5) is 13.2 Å². The predicted molar refractivity (Wildman–Crippen MR) is 77.9 cm³/mol. The van der Waals surface area contributed by atoms with Crippen LogP contribution in [0.25, 0.3) is 0 Å². The highest BCUT2D eigenvalue weighted by atomic mass is 32.2. The van der Waals surface area contributed by atoms with E-state index in [2.05, 4.69) is 10.2 Å². The van der Waals surface area contributed by atoms with Gasteiger partial charge in [0.1, 0.15) is 4.90 Å². The van der Waals surface area contributed by atoms with E-state index in [4.69, 9.17) is 0 Å². The zero-order valence-corrected chi connectivity index (χ0v) is 13.3. The Hall–Kier alpha value is -1.16. The molecule has 5 nitrogen and oxygen atoms in total. The third-order valence-corrected chi connectivity index (χ3v) is 6.29. The number of halogens is 3. The van der Waals surface area contributed by atoms with Crippen LogP contribution >= 0.6 is 0 Å². The fourth-order valence-corrected chi connectivity index (χ4v) is 4.67. The molecule has 1 aromatic carbocycles. The van der Waals surface area contributed by atoms with Gasteiger partial charge in [-0.15, -0.1) is 0 Å². The number of nitrogens with zero attached hydrogens (tertiary/aromatic N) is 2. The summed E-state index contributed by atoms with van der Waals surface area (Å²) in [5.41, 5.74) is 0. The first kappa shape index (κ1) is 16.7. The molecule has 0 amide bonds. The van der Waals surface area contributed by atoms with Crippen LogP contribution in [0.2, 0.25) is 0 Å². The molecule has 2 aliphatic rings. The van der Waals surface area contributed by atoms with Crippen molar-refractivity contribution in [3.63, 3.8) is 0 Å². The lowest BCUT2D eigenvalue weighted by Crippen LogP contribution is -2.49. The second kappa shape index (κ2) is 6.39. The fourth-order valence-electron chi connectivity index (χ4n) is 3.12. The Morgan fingerprint density at radius 2 is 1.74 bits per heavy atom. The number of nitrogens with one attached hydrogen (secondary N) is 1. The molecule has 1 aromatic rings. The van der Waals surface area contributed by atoms with Crippen LogP contribution in [0.15, 0.2) is 17.0 Å². The van der Waals surface area contributed by atoms with Gasteiger partial charge in [0.25, 0.3) is 0 Å². The van der Waals surface area contributed by atoms with Crippen LogP contribution in [-0.2, 0) is 10.0 Å². The van der Waals surface area contributed by atoms with Crippen LogP contribution in [0.1, 0.15) is 6.42 Å². The smallest absolute Gasteiger partial charge is 0.246 e. The van der Waals surface area contributed by atoms with E-state index in [9.17, 15) is 21.6 Å². The molecular weight excluding hydrogens is 331 g/mol. The van der Waals surface area contributed by atoms with Crippen molar-refractivity contribution in [3.8, 4) is 0 Å². The van der Waals surface area contributed by atoms with Gasteiger partial charge in [0, 0.05) is 45.3 Å². The standard InChI is InChI=1S/C14H18F3N3O2S/c15-11-1-2-12(14(17)13(11)16)23(21,22)20-6-3-10(9-20)19-7-4-18-5-8-19/h1-2,10,18H,3-9H2. The fraction of sp³-hybridized carbons (Fsp3) is 0.571. The quantitative estimate of drug-likeness (QED) is 0.819. The Morgan fingerprint density at radius 1 is 1.04 bits per heavy atom. The van der Waals surface area contributed by atoms with Gasteiger partial charge < -0.3 is 5.32 Å². The van der Waals surface area contributed by atoms with Gasteiger partial charge in [0.15, 0.2) is 17.5 Å². The summed E-state index contributed by atoms with van der Waals surface area (Å²) < 4.78 is 66.3. The van der Waals surface area contributed by atoms with Gasteiger partial charge in [-0.2, -0.15) is 4.31 Å². The van der Waals surface area contributed by atoms with Crippen molar-refractivity contribution in [2.75, 3.05) is 39.3 Å². The molecule has 2 fully saturated rings. The van der Waals surface area contributed by atoms with E-state index in [1.54, 1.807) is 0 Å². The molecular formula is C14H18F3N3O2S. The maximum Gasteiger partial charge on any atom is 0.246 e. The zero-order chi connectivity index (χ0) is 16.6. The van der Waals surface area contributed by atoms with Gasteiger partial charge in [0.05, 0.1) is 0 Å². The first-order valence-corrected chi connectivity index (χ1v) is 8.93.